The minimum Gasteiger partial charge on any atom is -0.478 e. The van der Waals surface area contributed by atoms with Crippen molar-refractivity contribution >= 4 is 28.2 Å². The Bertz CT molecular complexity index is 1190. The molecule has 150 valence electrons. The van der Waals surface area contributed by atoms with Crippen LogP contribution in [-0.4, -0.2) is 39.3 Å². The Morgan fingerprint density at radius 1 is 1.07 bits per heavy atom. The number of allylic oxidation sites excluding steroid dienone is 2. The van der Waals surface area contributed by atoms with E-state index in [9.17, 15) is 9.90 Å². The summed E-state index contributed by atoms with van der Waals surface area (Å²) >= 11 is 0. The van der Waals surface area contributed by atoms with E-state index in [-0.39, 0.29) is 5.57 Å². The molecule has 29 heavy (non-hydrogen) atoms. The van der Waals surface area contributed by atoms with Crippen molar-refractivity contribution in [2.24, 2.45) is 0 Å². The van der Waals surface area contributed by atoms with E-state index < -0.39 is 5.97 Å². The van der Waals surface area contributed by atoms with Crippen molar-refractivity contribution in [3.05, 3.63) is 65.0 Å². The molecule has 0 unspecified atom stereocenters. The van der Waals surface area contributed by atoms with Crippen LogP contribution in [0.4, 0.5) is 5.69 Å². The predicted octanol–water partition coefficient (Wildman–Crippen LogP) is 4.07. The molecule has 1 aliphatic heterocycles. The Hall–Kier alpha value is -3.34. The molecule has 0 fully saturated rings. The summed E-state index contributed by atoms with van der Waals surface area (Å²) in [6.07, 6.45) is 3.50. The topological polar surface area (TPSA) is 56.7 Å². The molecular formula is C24H27N2O3+. The number of benzene rings is 2. The minimum atomic E-state index is -0.947. The van der Waals surface area contributed by atoms with Crippen molar-refractivity contribution in [2.75, 3.05) is 33.1 Å². The van der Waals surface area contributed by atoms with E-state index in [0.717, 1.165) is 38.9 Å². The van der Waals surface area contributed by atoms with Crippen molar-refractivity contribution in [1.29, 1.82) is 0 Å². The number of hydrogen-bond donors (Lipinski definition) is 1. The van der Waals surface area contributed by atoms with Crippen LogP contribution in [0.25, 0.3) is 27.9 Å². The van der Waals surface area contributed by atoms with E-state index in [1.165, 1.54) is 0 Å². The van der Waals surface area contributed by atoms with Gasteiger partial charge in [-0.25, -0.2) is 9.37 Å². The summed E-state index contributed by atoms with van der Waals surface area (Å²) in [5.74, 6) is -0.229. The Morgan fingerprint density at radius 3 is 2.34 bits per heavy atom. The van der Waals surface area contributed by atoms with Gasteiger partial charge in [0.25, 0.3) is 0 Å². The van der Waals surface area contributed by atoms with E-state index in [0.29, 0.717) is 5.57 Å². The lowest BCUT2D eigenvalue weighted by atomic mass is 9.89. The van der Waals surface area contributed by atoms with Crippen LogP contribution in [0, 0.1) is 0 Å². The molecule has 0 atom stereocenters. The first kappa shape index (κ1) is 20.4. The Balaban J connectivity index is 2.51. The molecule has 1 aliphatic carbocycles. The van der Waals surface area contributed by atoms with E-state index in [2.05, 4.69) is 0 Å². The van der Waals surface area contributed by atoms with E-state index in [4.69, 9.17) is 4.42 Å². The molecule has 0 saturated heterocycles. The first-order valence-corrected chi connectivity index (χ1v) is 9.53. The third-order valence-electron chi connectivity index (χ3n) is 5.09. The highest BCUT2D eigenvalue weighted by Crippen LogP contribution is 2.40. The van der Waals surface area contributed by atoms with E-state index >= 15 is 0 Å². The van der Waals surface area contributed by atoms with Crippen molar-refractivity contribution in [3.63, 3.8) is 0 Å². The number of hydrogen-bond acceptors (Lipinski definition) is 3. The molecule has 1 N–H and O–H groups in total. The normalized spacial score (nSPS) is 12.5. The Morgan fingerprint density at radius 2 is 1.79 bits per heavy atom. The van der Waals surface area contributed by atoms with Crippen molar-refractivity contribution in [2.45, 2.75) is 13.8 Å². The van der Waals surface area contributed by atoms with E-state index in [1.54, 1.807) is 13.0 Å². The lowest BCUT2D eigenvalue weighted by Crippen LogP contribution is -2.21. The second kappa shape index (κ2) is 7.95. The van der Waals surface area contributed by atoms with Crippen molar-refractivity contribution < 1.29 is 14.3 Å². The largest absolute Gasteiger partial charge is 0.478 e. The smallest absolute Gasteiger partial charge is 0.335 e. The van der Waals surface area contributed by atoms with Gasteiger partial charge in [0.1, 0.15) is 25.4 Å². The maximum atomic E-state index is 11.9. The van der Waals surface area contributed by atoms with Crippen LogP contribution in [0.5, 0.6) is 0 Å². The lowest BCUT2D eigenvalue weighted by molar-refractivity contribution is -0.132. The summed E-state index contributed by atoms with van der Waals surface area (Å²) in [4.78, 5) is 13.9. The number of aliphatic carboxylic acids is 1. The molecule has 1 aromatic rings. The van der Waals surface area contributed by atoms with E-state index in [1.807, 2.05) is 87.1 Å². The van der Waals surface area contributed by atoms with Gasteiger partial charge in [-0.15, -0.1) is 0 Å². The van der Waals surface area contributed by atoms with Crippen LogP contribution in [0.2, 0.25) is 0 Å². The quantitative estimate of drug-likeness (QED) is 0.315. The molecule has 0 spiro atoms. The second-order valence-electron chi connectivity index (χ2n) is 7.34. The summed E-state index contributed by atoms with van der Waals surface area (Å²) in [6, 6.07) is 12.0. The average molecular weight is 391 g/mol. The molecule has 0 radical (unpaired) electrons. The van der Waals surface area contributed by atoms with Gasteiger partial charge in [-0.3, -0.25) is 0 Å². The van der Waals surface area contributed by atoms with Gasteiger partial charge < -0.3 is 14.4 Å². The highest BCUT2D eigenvalue weighted by molar-refractivity contribution is 6.12. The number of fused-ring (bicyclic) bond motifs is 2. The monoisotopic (exact) mass is 391 g/mol. The summed E-state index contributed by atoms with van der Waals surface area (Å²) in [6.45, 7) is 3.62. The summed E-state index contributed by atoms with van der Waals surface area (Å²) in [5.41, 5.74) is 4.44. The van der Waals surface area contributed by atoms with Gasteiger partial charge in [0.05, 0.1) is 11.6 Å². The van der Waals surface area contributed by atoms with Crippen molar-refractivity contribution in [1.82, 2.24) is 4.58 Å². The molecule has 5 nitrogen and oxygen atoms in total. The van der Waals surface area contributed by atoms with Crippen molar-refractivity contribution in [3.8, 4) is 11.3 Å². The van der Waals surface area contributed by atoms with Crippen LogP contribution in [0.3, 0.4) is 0 Å². The first-order chi connectivity index (χ1) is 13.8. The molecule has 1 heterocycles. The van der Waals surface area contributed by atoms with Crippen LogP contribution in [0.15, 0.2) is 58.5 Å². The summed E-state index contributed by atoms with van der Waals surface area (Å²) < 4.78 is 8.30. The number of carbonyl (C=O) groups is 1. The first-order valence-electron chi connectivity index (χ1n) is 9.53. The molecule has 0 aromatic heterocycles. The molecular weight excluding hydrogens is 364 g/mol. The van der Waals surface area contributed by atoms with Crippen LogP contribution in [0.1, 0.15) is 19.4 Å². The molecule has 5 heteroatoms. The highest BCUT2D eigenvalue weighted by atomic mass is 16.4. The van der Waals surface area contributed by atoms with Gasteiger partial charge in [0.15, 0.2) is 0 Å². The standard InChI is InChI=1S/C24H26N2O3/c1-7-17(18(8-2)24(27)28)23-19-11-9-15(25(3)4)13-21(19)29-22-14-16(26(5)6)10-12-20(22)23/h7-14H,1-6H3/p+1/b17-7+,18-8+. The SMILES string of the molecule is C/C=C(\C(=C/C)C(=O)O)c1c2ccc(=[N+](C)C)cc-2oc2cc(N(C)C)ccc12. The number of carboxylic acids is 1. The maximum Gasteiger partial charge on any atom is 0.335 e. The molecule has 3 rings (SSSR count). The van der Waals surface area contributed by atoms with Gasteiger partial charge in [0.2, 0.25) is 5.36 Å². The number of carboxylic acid groups (broad SMARTS) is 1. The molecule has 1 aromatic carbocycles. The molecule has 2 aliphatic rings. The zero-order valence-electron chi connectivity index (χ0n) is 17.8. The molecule has 0 amide bonds. The zero-order chi connectivity index (χ0) is 21.3. The summed E-state index contributed by atoms with van der Waals surface area (Å²) in [7, 11) is 7.92. The third-order valence-corrected chi connectivity index (χ3v) is 5.09. The molecule has 0 saturated carbocycles. The fourth-order valence-corrected chi connectivity index (χ4v) is 3.54. The predicted molar refractivity (Wildman–Crippen MR) is 119 cm³/mol. The Kier molecular flexibility index (Phi) is 5.59. The Labute approximate surface area is 170 Å². The zero-order valence-corrected chi connectivity index (χ0v) is 17.8. The van der Waals surface area contributed by atoms with Crippen LogP contribution in [-0.2, 0) is 4.79 Å². The number of anilines is 1. The fourth-order valence-electron chi connectivity index (χ4n) is 3.54. The van der Waals surface area contributed by atoms with Gasteiger partial charge in [-0.05, 0) is 37.6 Å². The fraction of sp³-hybridized carbons (Fsp3) is 0.250. The second-order valence-corrected chi connectivity index (χ2v) is 7.34. The number of rotatable bonds is 4. The third kappa shape index (κ3) is 3.68. The van der Waals surface area contributed by atoms with Gasteiger partial charge in [0, 0.05) is 48.4 Å². The van der Waals surface area contributed by atoms with Crippen LogP contribution >= 0.6 is 0 Å². The van der Waals surface area contributed by atoms with Crippen LogP contribution < -0.4 is 14.8 Å². The van der Waals surface area contributed by atoms with Gasteiger partial charge >= 0.3 is 5.97 Å². The molecule has 0 bridgehead atoms. The van der Waals surface area contributed by atoms with Gasteiger partial charge in [-0.2, -0.15) is 0 Å². The average Bonchev–Trinajstić information content (AvgIpc) is 2.69. The van der Waals surface area contributed by atoms with Gasteiger partial charge in [-0.1, -0.05) is 12.2 Å². The number of nitrogens with zero attached hydrogens (tertiary/aromatic N) is 2. The minimum absolute atomic E-state index is 0.273. The highest BCUT2D eigenvalue weighted by Gasteiger charge is 2.23. The lowest BCUT2D eigenvalue weighted by Gasteiger charge is -2.19. The maximum absolute atomic E-state index is 11.9. The summed E-state index contributed by atoms with van der Waals surface area (Å²) in [5, 5.41) is 11.7.